The van der Waals surface area contributed by atoms with E-state index < -0.39 is 4.92 Å². The molecule has 2 N–H and O–H groups in total. The normalized spacial score (nSPS) is 10.2. The van der Waals surface area contributed by atoms with E-state index >= 15 is 0 Å². The molecule has 0 amide bonds. The molecule has 0 aliphatic rings. The second-order valence-corrected chi connectivity index (χ2v) is 4.59. The van der Waals surface area contributed by atoms with Gasteiger partial charge in [-0.2, -0.15) is 0 Å². The molecule has 2 aromatic rings. The molecule has 0 atom stereocenters. The van der Waals surface area contributed by atoms with Crippen LogP contribution in [-0.4, -0.2) is 12.0 Å². The molecule has 0 heterocycles. The fourth-order valence-electron chi connectivity index (χ4n) is 1.76. The highest BCUT2D eigenvalue weighted by molar-refractivity contribution is 6.30. The number of nitrogens with two attached hydrogens (primary N) is 1. The topological polar surface area (TPSA) is 87.6 Å². The SMILES string of the molecule is COc1ccc([N+](=O)[O-])c(Oc2cc(Cl)ccc2CN)c1. The van der Waals surface area contributed by atoms with Crippen LogP contribution in [0.2, 0.25) is 5.02 Å². The molecule has 0 aliphatic carbocycles. The molecule has 2 rings (SSSR count). The molecule has 0 bridgehead atoms. The fourth-order valence-corrected chi connectivity index (χ4v) is 1.93. The van der Waals surface area contributed by atoms with E-state index in [9.17, 15) is 10.1 Å². The largest absolute Gasteiger partial charge is 0.497 e. The Labute approximate surface area is 126 Å². The van der Waals surface area contributed by atoms with Crippen LogP contribution < -0.4 is 15.2 Å². The third-order valence-corrected chi connectivity index (χ3v) is 3.07. The predicted octanol–water partition coefficient (Wildman–Crippen LogP) is 3.51. The van der Waals surface area contributed by atoms with E-state index in [1.165, 1.54) is 25.3 Å². The second-order valence-electron chi connectivity index (χ2n) is 4.15. The van der Waals surface area contributed by atoms with Crippen LogP contribution in [0.25, 0.3) is 0 Å². The van der Waals surface area contributed by atoms with Gasteiger partial charge in [-0.3, -0.25) is 10.1 Å². The van der Waals surface area contributed by atoms with Crippen molar-refractivity contribution in [1.29, 1.82) is 0 Å². The number of hydrogen-bond acceptors (Lipinski definition) is 5. The maximum Gasteiger partial charge on any atom is 0.311 e. The molecule has 0 unspecified atom stereocenters. The standard InChI is InChI=1S/C14H13ClN2O4/c1-20-11-4-5-12(17(18)19)14(7-11)21-13-6-10(15)3-2-9(13)8-16/h2-7H,8,16H2,1H3. The number of nitro groups is 1. The fraction of sp³-hybridized carbons (Fsp3) is 0.143. The lowest BCUT2D eigenvalue weighted by molar-refractivity contribution is -0.385. The predicted molar refractivity (Wildman–Crippen MR) is 79.1 cm³/mol. The van der Waals surface area contributed by atoms with E-state index in [1.807, 2.05) is 0 Å². The minimum absolute atomic E-state index is 0.0660. The lowest BCUT2D eigenvalue weighted by atomic mass is 10.2. The molecule has 6 nitrogen and oxygen atoms in total. The molecule has 0 spiro atoms. The zero-order valence-corrected chi connectivity index (χ0v) is 12.0. The molecule has 2 aromatic carbocycles. The summed E-state index contributed by atoms with van der Waals surface area (Å²) in [6.07, 6.45) is 0. The zero-order chi connectivity index (χ0) is 15.4. The summed E-state index contributed by atoms with van der Waals surface area (Å²) in [7, 11) is 1.47. The van der Waals surface area contributed by atoms with E-state index in [0.717, 1.165) is 0 Å². The van der Waals surface area contributed by atoms with Crippen LogP contribution in [0, 0.1) is 10.1 Å². The van der Waals surface area contributed by atoms with Gasteiger partial charge in [0.15, 0.2) is 0 Å². The van der Waals surface area contributed by atoms with Gasteiger partial charge in [-0.25, -0.2) is 0 Å². The number of methoxy groups -OCH3 is 1. The summed E-state index contributed by atoms with van der Waals surface area (Å²) < 4.78 is 10.7. The lowest BCUT2D eigenvalue weighted by Crippen LogP contribution is -2.01. The zero-order valence-electron chi connectivity index (χ0n) is 11.2. The Balaban J connectivity index is 2.47. The average molecular weight is 309 g/mol. The Morgan fingerprint density at radius 2 is 2.00 bits per heavy atom. The number of hydrogen-bond donors (Lipinski definition) is 1. The molecule has 0 saturated carbocycles. The van der Waals surface area contributed by atoms with Gasteiger partial charge in [0, 0.05) is 29.3 Å². The number of rotatable bonds is 5. The molecular weight excluding hydrogens is 296 g/mol. The molecule has 21 heavy (non-hydrogen) atoms. The van der Waals surface area contributed by atoms with Gasteiger partial charge >= 0.3 is 5.69 Å². The second kappa shape index (κ2) is 6.43. The van der Waals surface area contributed by atoms with Crippen molar-refractivity contribution >= 4 is 17.3 Å². The molecule has 0 saturated heterocycles. The van der Waals surface area contributed by atoms with E-state index in [-0.39, 0.29) is 18.0 Å². The first-order valence-corrected chi connectivity index (χ1v) is 6.41. The molecule has 0 fully saturated rings. The van der Waals surface area contributed by atoms with Crippen LogP contribution in [0.15, 0.2) is 36.4 Å². The maximum atomic E-state index is 11.1. The van der Waals surface area contributed by atoms with E-state index in [4.69, 9.17) is 26.8 Å². The van der Waals surface area contributed by atoms with Gasteiger partial charge in [0.2, 0.25) is 5.75 Å². The summed E-state index contributed by atoms with van der Waals surface area (Å²) in [5.41, 5.74) is 6.15. The monoisotopic (exact) mass is 308 g/mol. The third-order valence-electron chi connectivity index (χ3n) is 2.83. The highest BCUT2D eigenvalue weighted by atomic mass is 35.5. The number of halogens is 1. The summed E-state index contributed by atoms with van der Waals surface area (Å²) >= 11 is 5.92. The van der Waals surface area contributed by atoms with Gasteiger partial charge in [0.25, 0.3) is 0 Å². The van der Waals surface area contributed by atoms with Crippen LogP contribution in [0.3, 0.4) is 0 Å². The summed E-state index contributed by atoms with van der Waals surface area (Å²) in [4.78, 5) is 10.5. The Hall–Kier alpha value is -2.31. The Morgan fingerprint density at radius 1 is 1.24 bits per heavy atom. The molecule has 0 aliphatic heterocycles. The van der Waals surface area contributed by atoms with Gasteiger partial charge < -0.3 is 15.2 Å². The molecular formula is C14H13ClN2O4. The molecule has 7 heteroatoms. The van der Waals surface area contributed by atoms with Crippen molar-refractivity contribution in [2.24, 2.45) is 5.73 Å². The Kier molecular flexibility index (Phi) is 4.62. The maximum absolute atomic E-state index is 11.1. The van der Waals surface area contributed by atoms with Crippen molar-refractivity contribution in [2.45, 2.75) is 6.54 Å². The molecule has 110 valence electrons. The van der Waals surface area contributed by atoms with Crippen LogP contribution in [0.5, 0.6) is 17.2 Å². The van der Waals surface area contributed by atoms with Crippen LogP contribution in [0.4, 0.5) is 5.69 Å². The quantitative estimate of drug-likeness (QED) is 0.674. The van der Waals surface area contributed by atoms with Crippen molar-refractivity contribution < 1.29 is 14.4 Å². The van der Waals surface area contributed by atoms with Crippen molar-refractivity contribution in [3.63, 3.8) is 0 Å². The van der Waals surface area contributed by atoms with E-state index in [0.29, 0.717) is 22.1 Å². The first-order valence-electron chi connectivity index (χ1n) is 6.04. The minimum Gasteiger partial charge on any atom is -0.497 e. The first kappa shape index (κ1) is 15.1. The average Bonchev–Trinajstić information content (AvgIpc) is 2.47. The van der Waals surface area contributed by atoms with E-state index in [2.05, 4.69) is 0 Å². The van der Waals surface area contributed by atoms with Crippen molar-refractivity contribution in [2.75, 3.05) is 7.11 Å². The van der Waals surface area contributed by atoms with Crippen molar-refractivity contribution in [3.8, 4) is 17.2 Å². The van der Waals surface area contributed by atoms with Crippen LogP contribution in [-0.2, 0) is 6.54 Å². The smallest absolute Gasteiger partial charge is 0.311 e. The van der Waals surface area contributed by atoms with Gasteiger partial charge in [-0.05, 0) is 18.2 Å². The first-order chi connectivity index (χ1) is 10.0. The Bertz CT molecular complexity index is 676. The lowest BCUT2D eigenvalue weighted by Gasteiger charge is -2.11. The number of nitro benzene ring substituents is 1. The van der Waals surface area contributed by atoms with Gasteiger partial charge in [-0.1, -0.05) is 17.7 Å². The Morgan fingerprint density at radius 3 is 2.62 bits per heavy atom. The number of nitrogens with zero attached hydrogens (tertiary/aromatic N) is 1. The third kappa shape index (κ3) is 3.42. The van der Waals surface area contributed by atoms with Gasteiger partial charge in [-0.15, -0.1) is 0 Å². The molecule has 0 aromatic heterocycles. The van der Waals surface area contributed by atoms with Crippen molar-refractivity contribution in [3.05, 3.63) is 57.1 Å². The number of benzene rings is 2. The van der Waals surface area contributed by atoms with E-state index in [1.54, 1.807) is 18.2 Å². The number of ether oxygens (including phenoxy) is 2. The van der Waals surface area contributed by atoms with Gasteiger partial charge in [0.05, 0.1) is 12.0 Å². The summed E-state index contributed by atoms with van der Waals surface area (Å²) in [5, 5.41) is 11.5. The van der Waals surface area contributed by atoms with Crippen LogP contribution in [0.1, 0.15) is 5.56 Å². The van der Waals surface area contributed by atoms with Crippen molar-refractivity contribution in [1.82, 2.24) is 0 Å². The molecule has 0 radical (unpaired) electrons. The highest BCUT2D eigenvalue weighted by Crippen LogP contribution is 2.36. The summed E-state index contributed by atoms with van der Waals surface area (Å²) in [6.45, 7) is 0.226. The highest BCUT2D eigenvalue weighted by Gasteiger charge is 2.18. The van der Waals surface area contributed by atoms with Crippen LogP contribution >= 0.6 is 11.6 Å². The summed E-state index contributed by atoms with van der Waals surface area (Å²) in [6, 6.07) is 9.21. The van der Waals surface area contributed by atoms with Gasteiger partial charge in [0.1, 0.15) is 11.5 Å². The minimum atomic E-state index is -0.526. The summed E-state index contributed by atoms with van der Waals surface area (Å²) in [5.74, 6) is 0.893.